The van der Waals surface area contributed by atoms with Crippen LogP contribution in [-0.2, 0) is 0 Å². The summed E-state index contributed by atoms with van der Waals surface area (Å²) in [6, 6.07) is 9.82. The summed E-state index contributed by atoms with van der Waals surface area (Å²) in [5, 5.41) is 7.57. The number of nitrogens with zero attached hydrogens (tertiary/aromatic N) is 1. The van der Waals surface area contributed by atoms with Gasteiger partial charge in [0.15, 0.2) is 10.2 Å². The summed E-state index contributed by atoms with van der Waals surface area (Å²) in [6.45, 7) is 4.04. The number of thiazole rings is 1. The van der Waals surface area contributed by atoms with Crippen molar-refractivity contribution < 1.29 is 0 Å². The van der Waals surface area contributed by atoms with Crippen molar-refractivity contribution in [3.05, 3.63) is 40.9 Å². The van der Waals surface area contributed by atoms with E-state index in [4.69, 9.17) is 12.2 Å². The summed E-state index contributed by atoms with van der Waals surface area (Å²) >= 11 is 6.82. The molecule has 0 fully saturated rings. The maximum absolute atomic E-state index is 5.22. The van der Waals surface area contributed by atoms with Crippen LogP contribution in [0.15, 0.2) is 30.3 Å². The minimum atomic E-state index is 0.560. The Kier molecular flexibility index (Phi) is 3.71. The van der Waals surface area contributed by atoms with Crippen LogP contribution in [0.3, 0.4) is 0 Å². The van der Waals surface area contributed by atoms with E-state index >= 15 is 0 Å². The lowest BCUT2D eigenvalue weighted by atomic mass is 10.3. The molecule has 1 aromatic heterocycles. The molecule has 2 N–H and O–H groups in total. The van der Waals surface area contributed by atoms with E-state index in [2.05, 4.69) is 15.6 Å². The second-order valence-electron chi connectivity index (χ2n) is 3.61. The first kappa shape index (κ1) is 12.0. The van der Waals surface area contributed by atoms with Crippen molar-refractivity contribution in [1.82, 2.24) is 4.98 Å². The third kappa shape index (κ3) is 3.25. The number of para-hydroxylation sites is 1. The maximum atomic E-state index is 5.22. The number of nitrogens with one attached hydrogen (secondary N) is 2. The molecule has 1 aromatic carbocycles. The van der Waals surface area contributed by atoms with Gasteiger partial charge in [0.1, 0.15) is 0 Å². The molecule has 0 saturated carbocycles. The quantitative estimate of drug-likeness (QED) is 0.812. The lowest BCUT2D eigenvalue weighted by Crippen LogP contribution is -2.18. The molecular weight excluding hydrogens is 250 g/mol. The Morgan fingerprint density at radius 3 is 2.47 bits per heavy atom. The van der Waals surface area contributed by atoms with Gasteiger partial charge in [-0.15, -0.1) is 11.3 Å². The summed E-state index contributed by atoms with van der Waals surface area (Å²) in [7, 11) is 0. The molecule has 0 spiro atoms. The Hall–Kier alpha value is -1.46. The smallest absolute Gasteiger partial charge is 0.189 e. The normalized spacial score (nSPS) is 10.0. The third-order valence-corrected chi connectivity index (χ3v) is 3.47. The number of anilines is 2. The fourth-order valence-electron chi connectivity index (χ4n) is 1.31. The molecule has 0 amide bonds. The molecule has 0 saturated heterocycles. The molecule has 0 aliphatic heterocycles. The molecule has 17 heavy (non-hydrogen) atoms. The topological polar surface area (TPSA) is 37.0 Å². The molecule has 2 aromatic rings. The first-order chi connectivity index (χ1) is 8.15. The van der Waals surface area contributed by atoms with Gasteiger partial charge in [0.05, 0.1) is 5.69 Å². The summed E-state index contributed by atoms with van der Waals surface area (Å²) in [5.74, 6) is 0. The molecule has 88 valence electrons. The average molecular weight is 263 g/mol. The molecule has 0 radical (unpaired) electrons. The molecule has 2 rings (SSSR count). The molecular formula is C12H13N3S2. The van der Waals surface area contributed by atoms with Crippen molar-refractivity contribution in [2.45, 2.75) is 13.8 Å². The summed E-state index contributed by atoms with van der Waals surface area (Å²) < 4.78 is 0. The van der Waals surface area contributed by atoms with Crippen LogP contribution in [0.5, 0.6) is 0 Å². The first-order valence-corrected chi connectivity index (χ1v) is 6.45. The minimum absolute atomic E-state index is 0.560. The molecule has 0 aliphatic rings. The highest BCUT2D eigenvalue weighted by Gasteiger charge is 2.05. The standard InChI is InChI=1S/C12H13N3S2/c1-8-9(2)17-12(13-8)15-11(16)14-10-6-4-3-5-7-10/h3-7H,1-2H3,(H2,13,14,15,16). The molecule has 0 aliphatic carbocycles. The number of benzene rings is 1. The third-order valence-electron chi connectivity index (χ3n) is 2.28. The van der Waals surface area contributed by atoms with Gasteiger partial charge in [-0.2, -0.15) is 0 Å². The van der Waals surface area contributed by atoms with Gasteiger partial charge in [-0.3, -0.25) is 0 Å². The van der Waals surface area contributed by atoms with Gasteiger partial charge >= 0.3 is 0 Å². The largest absolute Gasteiger partial charge is 0.332 e. The molecule has 5 heteroatoms. The van der Waals surface area contributed by atoms with Crippen molar-refractivity contribution >= 4 is 39.5 Å². The number of aryl methyl sites for hydroxylation is 2. The van der Waals surface area contributed by atoms with Gasteiger partial charge in [-0.1, -0.05) is 18.2 Å². The fraction of sp³-hybridized carbons (Fsp3) is 0.167. The Labute approximate surface area is 110 Å². The van der Waals surface area contributed by atoms with E-state index in [-0.39, 0.29) is 0 Å². The number of rotatable bonds is 2. The average Bonchev–Trinajstić information content (AvgIpc) is 2.59. The van der Waals surface area contributed by atoms with E-state index in [1.54, 1.807) is 11.3 Å². The summed E-state index contributed by atoms with van der Waals surface area (Å²) in [4.78, 5) is 5.58. The van der Waals surface area contributed by atoms with Crippen LogP contribution in [0.4, 0.5) is 10.8 Å². The summed E-state index contributed by atoms with van der Waals surface area (Å²) in [6.07, 6.45) is 0. The number of hydrogen-bond acceptors (Lipinski definition) is 3. The van der Waals surface area contributed by atoms with Gasteiger partial charge in [-0.25, -0.2) is 4.98 Å². The van der Waals surface area contributed by atoms with Crippen LogP contribution in [0.2, 0.25) is 0 Å². The van der Waals surface area contributed by atoms with Crippen LogP contribution in [-0.4, -0.2) is 10.1 Å². The van der Waals surface area contributed by atoms with E-state index in [0.717, 1.165) is 16.5 Å². The number of hydrogen-bond donors (Lipinski definition) is 2. The van der Waals surface area contributed by atoms with E-state index in [1.807, 2.05) is 44.2 Å². The lowest BCUT2D eigenvalue weighted by Gasteiger charge is -2.07. The van der Waals surface area contributed by atoms with Crippen molar-refractivity contribution in [2.75, 3.05) is 10.6 Å². The van der Waals surface area contributed by atoms with Gasteiger partial charge in [0, 0.05) is 10.6 Å². The van der Waals surface area contributed by atoms with Crippen LogP contribution < -0.4 is 10.6 Å². The van der Waals surface area contributed by atoms with Crippen LogP contribution in [0, 0.1) is 13.8 Å². The van der Waals surface area contributed by atoms with E-state index in [0.29, 0.717) is 5.11 Å². The summed E-state index contributed by atoms with van der Waals surface area (Å²) in [5.41, 5.74) is 2.01. The second-order valence-corrected chi connectivity index (χ2v) is 5.22. The Bertz CT molecular complexity index is 500. The predicted molar refractivity (Wildman–Crippen MR) is 77.9 cm³/mol. The van der Waals surface area contributed by atoms with Gasteiger partial charge in [0.25, 0.3) is 0 Å². The molecule has 0 bridgehead atoms. The van der Waals surface area contributed by atoms with Crippen molar-refractivity contribution in [3.63, 3.8) is 0 Å². The van der Waals surface area contributed by atoms with Crippen LogP contribution in [0.25, 0.3) is 0 Å². The fourth-order valence-corrected chi connectivity index (χ4v) is 2.41. The van der Waals surface area contributed by atoms with Crippen LogP contribution >= 0.6 is 23.6 Å². The highest BCUT2D eigenvalue weighted by atomic mass is 32.1. The SMILES string of the molecule is Cc1nc(NC(=S)Nc2ccccc2)sc1C. The lowest BCUT2D eigenvalue weighted by molar-refractivity contribution is 1.23. The zero-order chi connectivity index (χ0) is 12.3. The van der Waals surface area contributed by atoms with E-state index < -0.39 is 0 Å². The molecule has 0 unspecified atom stereocenters. The Balaban J connectivity index is 1.98. The van der Waals surface area contributed by atoms with E-state index in [9.17, 15) is 0 Å². The Morgan fingerprint density at radius 2 is 1.88 bits per heavy atom. The molecule has 0 atom stereocenters. The van der Waals surface area contributed by atoms with Gasteiger partial charge in [-0.05, 0) is 38.2 Å². The first-order valence-electron chi connectivity index (χ1n) is 5.22. The molecule has 3 nitrogen and oxygen atoms in total. The maximum Gasteiger partial charge on any atom is 0.189 e. The van der Waals surface area contributed by atoms with Crippen molar-refractivity contribution in [2.24, 2.45) is 0 Å². The van der Waals surface area contributed by atoms with Crippen molar-refractivity contribution in [1.29, 1.82) is 0 Å². The minimum Gasteiger partial charge on any atom is -0.332 e. The zero-order valence-electron chi connectivity index (χ0n) is 9.65. The number of aromatic nitrogens is 1. The molecule has 1 heterocycles. The van der Waals surface area contributed by atoms with Crippen molar-refractivity contribution in [3.8, 4) is 0 Å². The van der Waals surface area contributed by atoms with Gasteiger partial charge in [0.2, 0.25) is 0 Å². The van der Waals surface area contributed by atoms with Crippen LogP contribution in [0.1, 0.15) is 10.6 Å². The monoisotopic (exact) mass is 263 g/mol. The van der Waals surface area contributed by atoms with E-state index in [1.165, 1.54) is 4.88 Å². The zero-order valence-corrected chi connectivity index (χ0v) is 11.3. The number of thiocarbonyl (C=S) groups is 1. The van der Waals surface area contributed by atoms with Gasteiger partial charge < -0.3 is 10.6 Å². The highest BCUT2D eigenvalue weighted by Crippen LogP contribution is 2.21. The Morgan fingerprint density at radius 1 is 1.18 bits per heavy atom. The highest BCUT2D eigenvalue weighted by molar-refractivity contribution is 7.80. The predicted octanol–water partition coefficient (Wildman–Crippen LogP) is 3.57. The second kappa shape index (κ2) is 5.25.